The van der Waals surface area contributed by atoms with Gasteiger partial charge in [0.25, 0.3) is 5.91 Å². The lowest BCUT2D eigenvalue weighted by Crippen LogP contribution is -2.28. The molecule has 2 aliphatic heterocycles. The number of fused-ring (bicyclic) bond motifs is 2. The monoisotopic (exact) mass is 328 g/mol. The molecule has 1 aromatic heterocycles. The molecule has 1 atom stereocenters. The van der Waals surface area contributed by atoms with Gasteiger partial charge in [-0.2, -0.15) is 0 Å². The molecule has 3 heterocycles. The molecule has 1 N–H and O–H groups in total. The fourth-order valence-electron chi connectivity index (χ4n) is 3.14. The molecule has 4 rings (SSSR count). The highest BCUT2D eigenvalue weighted by Crippen LogP contribution is 2.30. The van der Waals surface area contributed by atoms with Gasteiger partial charge < -0.3 is 19.4 Å². The summed E-state index contributed by atoms with van der Waals surface area (Å²) in [6, 6.07) is 5.07. The molecular weight excluding hydrogens is 308 g/mol. The van der Waals surface area contributed by atoms with Crippen molar-refractivity contribution in [1.29, 1.82) is 0 Å². The van der Waals surface area contributed by atoms with Gasteiger partial charge in [0.15, 0.2) is 17.3 Å². The summed E-state index contributed by atoms with van der Waals surface area (Å²) < 4.78 is 13.3. The van der Waals surface area contributed by atoms with Crippen LogP contribution in [0.3, 0.4) is 0 Å². The van der Waals surface area contributed by atoms with Gasteiger partial charge in [-0.25, -0.2) is 0 Å². The maximum absolute atomic E-state index is 12.6. The van der Waals surface area contributed by atoms with Crippen LogP contribution in [-0.2, 0) is 13.0 Å². The van der Waals surface area contributed by atoms with Crippen molar-refractivity contribution >= 4 is 5.91 Å². The van der Waals surface area contributed by atoms with E-state index in [1.165, 1.54) is 0 Å². The Morgan fingerprint density at radius 3 is 2.92 bits per heavy atom. The van der Waals surface area contributed by atoms with E-state index >= 15 is 0 Å². The zero-order chi connectivity index (χ0) is 16.5. The second-order valence-electron chi connectivity index (χ2n) is 6.14. The van der Waals surface area contributed by atoms with Crippen LogP contribution >= 0.6 is 0 Å². The highest BCUT2D eigenvalue weighted by molar-refractivity contribution is 5.95. The Balaban J connectivity index is 1.50. The molecule has 7 heteroatoms. The first-order valence-corrected chi connectivity index (χ1v) is 8.35. The van der Waals surface area contributed by atoms with Crippen molar-refractivity contribution in [2.24, 2.45) is 0 Å². The molecule has 24 heavy (non-hydrogen) atoms. The van der Waals surface area contributed by atoms with Gasteiger partial charge in [-0.05, 0) is 31.5 Å². The largest absolute Gasteiger partial charge is 0.490 e. The normalized spacial score (nSPS) is 17.0. The number of rotatable bonds is 3. The van der Waals surface area contributed by atoms with E-state index in [0.29, 0.717) is 30.3 Å². The summed E-state index contributed by atoms with van der Waals surface area (Å²) in [7, 11) is 0. The van der Waals surface area contributed by atoms with Crippen LogP contribution in [0.25, 0.3) is 0 Å². The van der Waals surface area contributed by atoms with E-state index in [2.05, 4.69) is 20.1 Å². The van der Waals surface area contributed by atoms with Gasteiger partial charge in [-0.3, -0.25) is 4.79 Å². The number of aryl methyl sites for hydroxylation is 1. The maximum Gasteiger partial charge on any atom is 0.252 e. The van der Waals surface area contributed by atoms with Crippen LogP contribution in [0.1, 0.15) is 47.8 Å². The Morgan fingerprint density at radius 1 is 1.21 bits per heavy atom. The van der Waals surface area contributed by atoms with Crippen molar-refractivity contribution in [2.75, 3.05) is 13.2 Å². The molecule has 0 radical (unpaired) electrons. The predicted molar refractivity (Wildman–Crippen MR) is 86.3 cm³/mol. The number of amides is 1. The number of hydrogen-bond donors (Lipinski definition) is 1. The second kappa shape index (κ2) is 6.14. The lowest BCUT2D eigenvalue weighted by atomic mass is 10.1. The first-order valence-electron chi connectivity index (χ1n) is 8.35. The summed E-state index contributed by atoms with van der Waals surface area (Å²) >= 11 is 0. The van der Waals surface area contributed by atoms with Crippen molar-refractivity contribution < 1.29 is 14.3 Å². The van der Waals surface area contributed by atoms with E-state index in [4.69, 9.17) is 9.47 Å². The number of hydrogen-bond acceptors (Lipinski definition) is 5. The van der Waals surface area contributed by atoms with Gasteiger partial charge in [0.05, 0.1) is 19.3 Å². The molecule has 7 nitrogen and oxygen atoms in total. The summed E-state index contributed by atoms with van der Waals surface area (Å²) in [5, 5.41) is 11.4. The molecule has 0 unspecified atom stereocenters. The van der Waals surface area contributed by atoms with Gasteiger partial charge in [0.1, 0.15) is 5.82 Å². The van der Waals surface area contributed by atoms with Gasteiger partial charge in [-0.1, -0.05) is 0 Å². The van der Waals surface area contributed by atoms with Gasteiger partial charge in [0.2, 0.25) is 0 Å². The van der Waals surface area contributed by atoms with Crippen LogP contribution in [0.5, 0.6) is 11.5 Å². The Labute approximate surface area is 140 Å². The predicted octanol–water partition coefficient (Wildman–Crippen LogP) is 1.88. The number of nitrogens with zero attached hydrogens (tertiary/aromatic N) is 3. The lowest BCUT2D eigenvalue weighted by molar-refractivity contribution is 0.0937. The summed E-state index contributed by atoms with van der Waals surface area (Å²) in [5.74, 6) is 2.96. The minimum atomic E-state index is -0.201. The van der Waals surface area contributed by atoms with Gasteiger partial charge >= 0.3 is 0 Å². The van der Waals surface area contributed by atoms with E-state index in [-0.39, 0.29) is 11.9 Å². The fraction of sp³-hybridized carbons (Fsp3) is 0.471. The quantitative estimate of drug-likeness (QED) is 0.931. The Morgan fingerprint density at radius 2 is 2.04 bits per heavy atom. The number of nitrogens with one attached hydrogen (secondary N) is 1. The zero-order valence-corrected chi connectivity index (χ0v) is 13.6. The maximum atomic E-state index is 12.6. The van der Waals surface area contributed by atoms with Gasteiger partial charge in [0, 0.05) is 24.9 Å². The Kier molecular flexibility index (Phi) is 3.84. The molecule has 0 fully saturated rings. The summed E-state index contributed by atoms with van der Waals surface area (Å²) in [5.41, 5.74) is 0.548. The average molecular weight is 328 g/mol. The standard InChI is InChI=1S/C17H20N4O3/c1-11(16-20-19-15-4-2-7-21(15)16)18-17(22)12-5-6-13-14(10-12)24-9-3-8-23-13/h5-6,10-11H,2-4,7-9H2,1H3,(H,18,22)/t11-/m1/s1. The fourth-order valence-corrected chi connectivity index (χ4v) is 3.14. The van der Waals surface area contributed by atoms with Crippen LogP contribution in [0.15, 0.2) is 18.2 Å². The summed E-state index contributed by atoms with van der Waals surface area (Å²) in [6.45, 7) is 4.08. The Hall–Kier alpha value is -2.57. The highest BCUT2D eigenvalue weighted by atomic mass is 16.5. The third-order valence-corrected chi connectivity index (χ3v) is 4.38. The molecule has 2 aliphatic rings. The molecule has 0 bridgehead atoms. The van der Waals surface area contributed by atoms with E-state index in [9.17, 15) is 4.79 Å². The summed E-state index contributed by atoms with van der Waals surface area (Å²) in [6.07, 6.45) is 2.88. The molecule has 1 amide bonds. The SMILES string of the molecule is C[C@@H](NC(=O)c1ccc2c(c1)OCCCO2)c1nnc2n1CCC2. The average Bonchev–Trinajstić information content (AvgIpc) is 3.11. The van der Waals surface area contributed by atoms with E-state index < -0.39 is 0 Å². The van der Waals surface area contributed by atoms with Crippen molar-refractivity contribution in [3.8, 4) is 11.5 Å². The number of carbonyl (C=O) groups excluding carboxylic acids is 1. The van der Waals surface area contributed by atoms with Crippen molar-refractivity contribution in [3.63, 3.8) is 0 Å². The molecule has 0 saturated carbocycles. The Bertz CT molecular complexity index is 771. The van der Waals surface area contributed by atoms with Crippen molar-refractivity contribution in [2.45, 2.75) is 38.8 Å². The van der Waals surface area contributed by atoms with E-state index in [1.807, 2.05) is 6.92 Å². The molecule has 0 saturated heterocycles. The van der Waals surface area contributed by atoms with Crippen LogP contribution in [-0.4, -0.2) is 33.9 Å². The number of carbonyl (C=O) groups is 1. The van der Waals surface area contributed by atoms with Crippen LogP contribution < -0.4 is 14.8 Å². The minimum absolute atomic E-state index is 0.159. The molecule has 0 aliphatic carbocycles. The lowest BCUT2D eigenvalue weighted by Gasteiger charge is -2.15. The molecule has 126 valence electrons. The van der Waals surface area contributed by atoms with E-state index in [0.717, 1.165) is 37.5 Å². The van der Waals surface area contributed by atoms with Crippen molar-refractivity contribution in [3.05, 3.63) is 35.4 Å². The third-order valence-electron chi connectivity index (χ3n) is 4.38. The molecule has 0 spiro atoms. The zero-order valence-electron chi connectivity index (χ0n) is 13.6. The van der Waals surface area contributed by atoms with Gasteiger partial charge in [-0.15, -0.1) is 10.2 Å². The van der Waals surface area contributed by atoms with Crippen LogP contribution in [0.4, 0.5) is 0 Å². The number of aromatic nitrogens is 3. The third kappa shape index (κ3) is 2.70. The molecule has 2 aromatic rings. The smallest absolute Gasteiger partial charge is 0.252 e. The minimum Gasteiger partial charge on any atom is -0.490 e. The van der Waals surface area contributed by atoms with Crippen LogP contribution in [0.2, 0.25) is 0 Å². The molecular formula is C17H20N4O3. The number of ether oxygens (including phenoxy) is 2. The van der Waals surface area contributed by atoms with Crippen molar-refractivity contribution in [1.82, 2.24) is 20.1 Å². The van der Waals surface area contributed by atoms with E-state index in [1.54, 1.807) is 18.2 Å². The number of benzene rings is 1. The topological polar surface area (TPSA) is 78.3 Å². The first kappa shape index (κ1) is 15.0. The molecule has 1 aromatic carbocycles. The first-order chi connectivity index (χ1) is 11.7. The second-order valence-corrected chi connectivity index (χ2v) is 6.14. The van der Waals surface area contributed by atoms with Crippen LogP contribution in [0, 0.1) is 0 Å². The highest BCUT2D eigenvalue weighted by Gasteiger charge is 2.23. The summed E-state index contributed by atoms with van der Waals surface area (Å²) in [4.78, 5) is 12.6.